The van der Waals surface area contributed by atoms with Crippen molar-refractivity contribution in [2.75, 3.05) is 0 Å². The van der Waals surface area contributed by atoms with Gasteiger partial charge in [0, 0.05) is 12.7 Å². The van der Waals surface area contributed by atoms with Gasteiger partial charge in [-0.1, -0.05) is 5.18 Å². The minimum atomic E-state index is -1.27. The summed E-state index contributed by atoms with van der Waals surface area (Å²) >= 11 is 0. The lowest BCUT2D eigenvalue weighted by atomic mass is 10.2. The molecule has 0 aliphatic heterocycles. The van der Waals surface area contributed by atoms with Gasteiger partial charge in [0.15, 0.2) is 0 Å². The van der Waals surface area contributed by atoms with Crippen molar-refractivity contribution in [3.8, 4) is 0 Å². The average molecular weight is 261 g/mol. The number of aromatic nitrogens is 2. The summed E-state index contributed by atoms with van der Waals surface area (Å²) < 4.78 is 1.56. The van der Waals surface area contributed by atoms with E-state index in [1.54, 1.807) is 4.57 Å². The van der Waals surface area contributed by atoms with Gasteiger partial charge in [-0.15, -0.1) is 0 Å². The third kappa shape index (κ3) is 2.22. The number of carboxylic acid groups (broad SMARTS) is 1. The van der Waals surface area contributed by atoms with Crippen molar-refractivity contribution in [3.63, 3.8) is 0 Å². The summed E-state index contributed by atoms with van der Waals surface area (Å²) in [6.45, 7) is 2.18. The monoisotopic (exact) mass is 261 g/mol. The van der Waals surface area contributed by atoms with Crippen molar-refractivity contribution < 1.29 is 9.90 Å². The number of carboxylic acids is 1. The molecule has 7 heteroatoms. The van der Waals surface area contributed by atoms with Crippen LogP contribution < -0.4 is 5.43 Å². The lowest BCUT2D eigenvalue weighted by molar-refractivity contribution is 0.0695. The van der Waals surface area contributed by atoms with Crippen LogP contribution in [0.15, 0.2) is 28.3 Å². The number of carbonyl (C=O) groups is 1. The normalized spacial score (nSPS) is 10.6. The predicted octanol–water partition coefficient (Wildman–Crippen LogP) is 1.38. The Hall–Kier alpha value is -2.57. The van der Waals surface area contributed by atoms with Gasteiger partial charge in [0.05, 0.1) is 11.1 Å². The Kier molecular flexibility index (Phi) is 3.37. The lowest BCUT2D eigenvalue weighted by Gasteiger charge is -2.09. The number of aryl methyl sites for hydroxylation is 1. The summed E-state index contributed by atoms with van der Waals surface area (Å²) in [6, 6.07) is 2.97. The summed E-state index contributed by atoms with van der Waals surface area (Å²) in [5, 5.41) is 12.0. The number of pyridine rings is 2. The van der Waals surface area contributed by atoms with Crippen LogP contribution >= 0.6 is 0 Å². The van der Waals surface area contributed by atoms with Crippen LogP contribution in [0.1, 0.15) is 23.0 Å². The molecule has 1 N–H and O–H groups in total. The molecule has 0 unspecified atom stereocenters. The Morgan fingerprint density at radius 2 is 2.21 bits per heavy atom. The first-order valence-corrected chi connectivity index (χ1v) is 5.64. The van der Waals surface area contributed by atoms with Crippen LogP contribution in [0, 0.1) is 4.91 Å². The smallest absolute Gasteiger partial charge is 0.341 e. The quantitative estimate of drug-likeness (QED) is 0.837. The maximum absolute atomic E-state index is 12.0. The van der Waals surface area contributed by atoms with Gasteiger partial charge in [0.25, 0.3) is 0 Å². The molecular formula is C12H11N3O4. The van der Waals surface area contributed by atoms with E-state index < -0.39 is 11.4 Å². The highest BCUT2D eigenvalue weighted by Crippen LogP contribution is 2.12. The SMILES string of the molecule is CCn1cc(C(=O)O)c(=O)c2ccc(CN=O)nc21. The van der Waals surface area contributed by atoms with Crippen LogP contribution in [-0.2, 0) is 13.1 Å². The number of aromatic carboxylic acids is 1. The number of nitroso groups, excluding NO2 is 1. The second kappa shape index (κ2) is 4.97. The first kappa shape index (κ1) is 12.9. The Labute approximate surface area is 107 Å². The zero-order valence-corrected chi connectivity index (χ0v) is 10.2. The summed E-state index contributed by atoms with van der Waals surface area (Å²) in [6.07, 6.45) is 1.26. The molecule has 0 bridgehead atoms. The highest BCUT2D eigenvalue weighted by atomic mass is 16.4. The maximum Gasteiger partial charge on any atom is 0.341 e. The van der Waals surface area contributed by atoms with Gasteiger partial charge in [0.2, 0.25) is 5.43 Å². The third-order valence-electron chi connectivity index (χ3n) is 2.78. The molecule has 0 saturated heterocycles. The Bertz CT molecular complexity index is 721. The molecule has 19 heavy (non-hydrogen) atoms. The van der Waals surface area contributed by atoms with E-state index in [2.05, 4.69) is 10.2 Å². The number of hydrogen-bond donors (Lipinski definition) is 1. The Balaban J connectivity index is 2.82. The van der Waals surface area contributed by atoms with Crippen molar-refractivity contribution in [1.82, 2.24) is 9.55 Å². The number of hydrogen-bond acceptors (Lipinski definition) is 5. The molecule has 2 aromatic rings. The van der Waals surface area contributed by atoms with E-state index in [9.17, 15) is 14.5 Å². The van der Waals surface area contributed by atoms with Crippen LogP contribution in [0.25, 0.3) is 11.0 Å². The second-order valence-electron chi connectivity index (χ2n) is 3.92. The molecule has 0 atom stereocenters. The standard InChI is InChI=1S/C12H11N3O4/c1-2-15-6-9(12(17)18)10(16)8-4-3-7(5-13-19)14-11(8)15/h3-4,6H,2,5H2,1H3,(H,17,18). The van der Waals surface area contributed by atoms with Crippen molar-refractivity contribution in [3.05, 3.63) is 44.7 Å². The molecule has 7 nitrogen and oxygen atoms in total. The summed E-state index contributed by atoms with van der Waals surface area (Å²) in [4.78, 5) is 37.4. The fraction of sp³-hybridized carbons (Fsp3) is 0.250. The minimum absolute atomic E-state index is 0.0888. The molecule has 0 spiro atoms. The lowest BCUT2D eigenvalue weighted by Crippen LogP contribution is -2.19. The van der Waals surface area contributed by atoms with Crippen LogP contribution in [0.4, 0.5) is 0 Å². The highest BCUT2D eigenvalue weighted by Gasteiger charge is 2.15. The van der Waals surface area contributed by atoms with Gasteiger partial charge in [-0.3, -0.25) is 4.79 Å². The molecular weight excluding hydrogens is 250 g/mol. The first-order valence-electron chi connectivity index (χ1n) is 5.64. The first-order chi connectivity index (χ1) is 9.08. The molecule has 0 aromatic carbocycles. The van der Waals surface area contributed by atoms with E-state index in [4.69, 9.17) is 5.11 Å². The summed E-state index contributed by atoms with van der Waals surface area (Å²) in [5.41, 5.74) is -0.0754. The topological polar surface area (TPSA) is 102 Å². The minimum Gasteiger partial charge on any atom is -0.477 e. The number of fused-ring (bicyclic) bond motifs is 1. The van der Waals surface area contributed by atoms with Crippen molar-refractivity contribution >= 4 is 17.0 Å². The van der Waals surface area contributed by atoms with E-state index in [-0.39, 0.29) is 17.5 Å². The van der Waals surface area contributed by atoms with Crippen molar-refractivity contribution in [2.24, 2.45) is 5.18 Å². The van der Waals surface area contributed by atoms with Crippen LogP contribution in [0.3, 0.4) is 0 Å². The molecule has 98 valence electrons. The van der Waals surface area contributed by atoms with Gasteiger partial charge < -0.3 is 9.67 Å². The van der Waals surface area contributed by atoms with E-state index in [0.29, 0.717) is 17.9 Å². The fourth-order valence-electron chi connectivity index (χ4n) is 1.85. The van der Waals surface area contributed by atoms with Crippen LogP contribution in [-0.4, -0.2) is 20.6 Å². The molecule has 0 fully saturated rings. The van der Waals surface area contributed by atoms with Crippen molar-refractivity contribution in [1.29, 1.82) is 0 Å². The summed E-state index contributed by atoms with van der Waals surface area (Å²) in [5.74, 6) is -1.27. The number of nitrogens with zero attached hydrogens (tertiary/aromatic N) is 3. The summed E-state index contributed by atoms with van der Waals surface area (Å²) in [7, 11) is 0. The zero-order valence-electron chi connectivity index (χ0n) is 10.2. The Morgan fingerprint density at radius 1 is 1.47 bits per heavy atom. The maximum atomic E-state index is 12.0. The molecule has 2 rings (SSSR count). The predicted molar refractivity (Wildman–Crippen MR) is 68.1 cm³/mol. The van der Waals surface area contributed by atoms with Gasteiger partial charge >= 0.3 is 5.97 Å². The average Bonchev–Trinajstić information content (AvgIpc) is 2.39. The van der Waals surface area contributed by atoms with E-state index >= 15 is 0 Å². The van der Waals surface area contributed by atoms with E-state index in [0.717, 1.165) is 0 Å². The van der Waals surface area contributed by atoms with Gasteiger partial charge in [-0.2, -0.15) is 4.91 Å². The molecule has 2 aromatic heterocycles. The molecule has 0 amide bonds. The van der Waals surface area contributed by atoms with Gasteiger partial charge in [-0.25, -0.2) is 9.78 Å². The van der Waals surface area contributed by atoms with Gasteiger partial charge in [0.1, 0.15) is 17.8 Å². The number of rotatable bonds is 4. The van der Waals surface area contributed by atoms with E-state index in [1.165, 1.54) is 18.3 Å². The molecule has 0 radical (unpaired) electrons. The molecule has 0 saturated carbocycles. The Morgan fingerprint density at radius 3 is 2.79 bits per heavy atom. The van der Waals surface area contributed by atoms with E-state index in [1.807, 2.05) is 6.92 Å². The zero-order chi connectivity index (χ0) is 14.0. The van der Waals surface area contributed by atoms with Crippen molar-refractivity contribution in [2.45, 2.75) is 20.0 Å². The molecule has 2 heterocycles. The molecule has 0 aliphatic carbocycles. The fourth-order valence-corrected chi connectivity index (χ4v) is 1.85. The largest absolute Gasteiger partial charge is 0.477 e. The third-order valence-corrected chi connectivity index (χ3v) is 2.78. The second-order valence-corrected chi connectivity index (χ2v) is 3.92. The van der Waals surface area contributed by atoms with Crippen LogP contribution in [0.5, 0.6) is 0 Å². The molecule has 0 aliphatic rings. The highest BCUT2D eigenvalue weighted by molar-refractivity contribution is 5.91. The van der Waals surface area contributed by atoms with Gasteiger partial charge in [-0.05, 0) is 19.1 Å². The van der Waals surface area contributed by atoms with Crippen LogP contribution in [0.2, 0.25) is 0 Å².